The Morgan fingerprint density at radius 1 is 1.42 bits per heavy atom. The molecule has 0 spiro atoms. The summed E-state index contributed by atoms with van der Waals surface area (Å²) in [5.41, 5.74) is 0. The predicted octanol–water partition coefficient (Wildman–Crippen LogP) is 1.79. The van der Waals surface area contributed by atoms with Crippen LogP contribution in [0.2, 0.25) is 5.15 Å². The lowest BCUT2D eigenvalue weighted by Crippen LogP contribution is -2.11. The second kappa shape index (κ2) is 5.13. The first-order chi connectivity index (χ1) is 9.22. The fourth-order valence-corrected chi connectivity index (χ4v) is 2.09. The lowest BCUT2D eigenvalue weighted by Gasteiger charge is -2.07. The zero-order valence-electron chi connectivity index (χ0n) is 10.7. The Bertz CT molecular complexity index is 577. The molecular weight excluding hydrogens is 264 g/mol. The van der Waals surface area contributed by atoms with E-state index in [-0.39, 0.29) is 0 Å². The van der Waals surface area contributed by atoms with Crippen LogP contribution in [-0.2, 0) is 13.5 Å². The van der Waals surface area contributed by atoms with Gasteiger partial charge >= 0.3 is 0 Å². The van der Waals surface area contributed by atoms with E-state index in [0.29, 0.717) is 11.1 Å². The third kappa shape index (κ3) is 3.01. The maximum absolute atomic E-state index is 6.01. The van der Waals surface area contributed by atoms with Gasteiger partial charge in [0.1, 0.15) is 28.9 Å². The van der Waals surface area contributed by atoms with Gasteiger partial charge in [-0.05, 0) is 12.8 Å². The molecule has 0 saturated heterocycles. The second-order valence-electron chi connectivity index (χ2n) is 4.69. The standard InChI is InChI=1S/C12H15ClN6/c1-19-11(15-7-16-19)4-5-14-10-6-9(13)17-12(18-10)8-2-3-8/h6-8H,2-5H2,1H3,(H,14,17,18). The number of anilines is 1. The molecule has 0 amide bonds. The average molecular weight is 279 g/mol. The number of hydrogen-bond donors (Lipinski definition) is 1. The zero-order chi connectivity index (χ0) is 13.2. The maximum atomic E-state index is 6.01. The number of rotatable bonds is 5. The monoisotopic (exact) mass is 278 g/mol. The van der Waals surface area contributed by atoms with E-state index in [0.717, 1.165) is 30.4 Å². The molecule has 1 fully saturated rings. The van der Waals surface area contributed by atoms with Crippen LogP contribution < -0.4 is 5.32 Å². The van der Waals surface area contributed by atoms with E-state index in [4.69, 9.17) is 11.6 Å². The van der Waals surface area contributed by atoms with Crippen molar-refractivity contribution in [2.24, 2.45) is 7.05 Å². The van der Waals surface area contributed by atoms with Crippen LogP contribution in [0.5, 0.6) is 0 Å². The molecule has 0 aromatic carbocycles. The van der Waals surface area contributed by atoms with E-state index < -0.39 is 0 Å². The number of aromatic nitrogens is 5. The summed E-state index contributed by atoms with van der Waals surface area (Å²) in [6, 6.07) is 1.75. The first-order valence-corrected chi connectivity index (χ1v) is 6.71. The van der Waals surface area contributed by atoms with Crippen molar-refractivity contribution in [2.45, 2.75) is 25.2 Å². The second-order valence-corrected chi connectivity index (χ2v) is 5.07. The summed E-state index contributed by atoms with van der Waals surface area (Å²) in [7, 11) is 1.88. The van der Waals surface area contributed by atoms with Gasteiger partial charge in [0.25, 0.3) is 0 Å². The summed E-state index contributed by atoms with van der Waals surface area (Å²) < 4.78 is 1.77. The molecule has 0 unspecified atom stereocenters. The summed E-state index contributed by atoms with van der Waals surface area (Å²) in [6.07, 6.45) is 4.68. The van der Waals surface area contributed by atoms with Crippen molar-refractivity contribution in [3.05, 3.63) is 29.2 Å². The third-order valence-corrected chi connectivity index (χ3v) is 3.31. The molecule has 7 heteroatoms. The molecule has 2 heterocycles. The average Bonchev–Trinajstić information content (AvgIpc) is 3.14. The van der Waals surface area contributed by atoms with Crippen molar-refractivity contribution in [1.29, 1.82) is 0 Å². The molecule has 1 aliphatic rings. The Morgan fingerprint density at radius 2 is 2.26 bits per heavy atom. The number of hydrogen-bond acceptors (Lipinski definition) is 5. The molecule has 1 N–H and O–H groups in total. The van der Waals surface area contributed by atoms with Crippen LogP contribution in [0.25, 0.3) is 0 Å². The van der Waals surface area contributed by atoms with Gasteiger partial charge in [-0.3, -0.25) is 4.68 Å². The Kier molecular flexibility index (Phi) is 3.33. The van der Waals surface area contributed by atoms with Crippen molar-refractivity contribution in [3.63, 3.8) is 0 Å². The molecule has 0 radical (unpaired) electrons. The van der Waals surface area contributed by atoms with E-state index >= 15 is 0 Å². The SMILES string of the molecule is Cn1ncnc1CCNc1cc(Cl)nc(C2CC2)n1. The van der Waals surface area contributed by atoms with Crippen molar-refractivity contribution in [2.75, 3.05) is 11.9 Å². The minimum atomic E-state index is 0.498. The number of nitrogens with one attached hydrogen (secondary N) is 1. The minimum absolute atomic E-state index is 0.498. The highest BCUT2D eigenvalue weighted by Crippen LogP contribution is 2.38. The normalized spacial score (nSPS) is 14.6. The Balaban J connectivity index is 1.62. The lowest BCUT2D eigenvalue weighted by atomic mass is 10.3. The van der Waals surface area contributed by atoms with Crippen molar-refractivity contribution in [3.8, 4) is 0 Å². The van der Waals surface area contributed by atoms with Crippen molar-refractivity contribution >= 4 is 17.4 Å². The van der Waals surface area contributed by atoms with Crippen molar-refractivity contribution < 1.29 is 0 Å². The van der Waals surface area contributed by atoms with Crippen LogP contribution in [-0.4, -0.2) is 31.3 Å². The highest BCUT2D eigenvalue weighted by Gasteiger charge is 2.27. The van der Waals surface area contributed by atoms with Gasteiger partial charge in [-0.15, -0.1) is 0 Å². The lowest BCUT2D eigenvalue weighted by molar-refractivity contribution is 0.701. The van der Waals surface area contributed by atoms with Gasteiger partial charge in [0.2, 0.25) is 0 Å². The van der Waals surface area contributed by atoms with E-state index in [1.54, 1.807) is 17.1 Å². The van der Waals surface area contributed by atoms with Crippen LogP contribution in [0.1, 0.15) is 30.4 Å². The molecule has 6 nitrogen and oxygen atoms in total. The van der Waals surface area contributed by atoms with Crippen LogP contribution >= 0.6 is 11.6 Å². The maximum Gasteiger partial charge on any atom is 0.138 e. The molecule has 1 aliphatic carbocycles. The highest BCUT2D eigenvalue weighted by molar-refractivity contribution is 6.29. The molecule has 0 atom stereocenters. The summed E-state index contributed by atoms with van der Waals surface area (Å²) in [6.45, 7) is 0.740. The minimum Gasteiger partial charge on any atom is -0.369 e. The molecule has 0 aliphatic heterocycles. The van der Waals surface area contributed by atoms with Gasteiger partial charge in [0.15, 0.2) is 0 Å². The fourth-order valence-electron chi connectivity index (χ4n) is 1.90. The van der Waals surface area contributed by atoms with Crippen LogP contribution in [0.3, 0.4) is 0 Å². The van der Waals surface area contributed by atoms with Crippen LogP contribution in [0.15, 0.2) is 12.4 Å². The zero-order valence-corrected chi connectivity index (χ0v) is 11.4. The molecule has 2 aromatic rings. The van der Waals surface area contributed by atoms with E-state index in [1.807, 2.05) is 7.05 Å². The molecule has 2 aromatic heterocycles. The summed E-state index contributed by atoms with van der Waals surface area (Å²) in [5, 5.41) is 7.79. The predicted molar refractivity (Wildman–Crippen MR) is 72.2 cm³/mol. The van der Waals surface area contributed by atoms with Crippen molar-refractivity contribution in [1.82, 2.24) is 24.7 Å². The van der Waals surface area contributed by atoms with Gasteiger partial charge in [-0.2, -0.15) is 5.10 Å². The van der Waals surface area contributed by atoms with Gasteiger partial charge in [0.05, 0.1) is 0 Å². The van der Waals surface area contributed by atoms with E-state index in [9.17, 15) is 0 Å². The summed E-state index contributed by atoms with van der Waals surface area (Å²) >= 11 is 6.01. The van der Waals surface area contributed by atoms with Gasteiger partial charge in [-0.1, -0.05) is 11.6 Å². The van der Waals surface area contributed by atoms with E-state index in [2.05, 4.69) is 25.4 Å². The van der Waals surface area contributed by atoms with Crippen LogP contribution in [0, 0.1) is 0 Å². The van der Waals surface area contributed by atoms with Gasteiger partial charge in [-0.25, -0.2) is 15.0 Å². The number of aryl methyl sites for hydroxylation is 1. The van der Waals surface area contributed by atoms with E-state index in [1.165, 1.54) is 12.8 Å². The smallest absolute Gasteiger partial charge is 0.138 e. The topological polar surface area (TPSA) is 68.5 Å². The molecular formula is C12H15ClN6. The fraction of sp³-hybridized carbons (Fsp3) is 0.500. The molecule has 3 rings (SSSR count). The van der Waals surface area contributed by atoms with Gasteiger partial charge < -0.3 is 5.32 Å². The van der Waals surface area contributed by atoms with Gasteiger partial charge in [0, 0.05) is 32.0 Å². The Morgan fingerprint density at radius 3 is 2.95 bits per heavy atom. The molecule has 1 saturated carbocycles. The highest BCUT2D eigenvalue weighted by atomic mass is 35.5. The third-order valence-electron chi connectivity index (χ3n) is 3.11. The largest absolute Gasteiger partial charge is 0.369 e. The number of halogens is 1. The Labute approximate surface area is 116 Å². The van der Waals surface area contributed by atoms with Crippen LogP contribution in [0.4, 0.5) is 5.82 Å². The quantitative estimate of drug-likeness (QED) is 0.845. The summed E-state index contributed by atoms with van der Waals surface area (Å²) in [5.74, 6) is 3.07. The molecule has 19 heavy (non-hydrogen) atoms. The first-order valence-electron chi connectivity index (χ1n) is 6.33. The first kappa shape index (κ1) is 12.3. The molecule has 100 valence electrons. The molecule has 0 bridgehead atoms. The summed E-state index contributed by atoms with van der Waals surface area (Å²) in [4.78, 5) is 12.9. The number of nitrogens with zero attached hydrogens (tertiary/aromatic N) is 5. The Hall–Kier alpha value is -1.69.